The monoisotopic (exact) mass is 292 g/mol. The van der Waals surface area contributed by atoms with E-state index in [1.165, 1.54) is 7.05 Å². The average molecular weight is 292 g/mol. The maximum Gasteiger partial charge on any atom is 0.240 e. The largest absolute Gasteiger partial charge is 0.377 e. The van der Waals surface area contributed by atoms with Crippen molar-refractivity contribution in [3.63, 3.8) is 0 Å². The van der Waals surface area contributed by atoms with Crippen LogP contribution in [-0.4, -0.2) is 25.4 Å². The van der Waals surface area contributed by atoms with Crippen molar-refractivity contribution in [2.45, 2.75) is 17.9 Å². The molecule has 0 amide bonds. The van der Waals surface area contributed by atoms with E-state index in [9.17, 15) is 8.42 Å². The van der Waals surface area contributed by atoms with Crippen molar-refractivity contribution in [3.8, 4) is 0 Å². The van der Waals surface area contributed by atoms with E-state index in [2.05, 4.69) is 20.0 Å². The highest BCUT2D eigenvalue weighted by atomic mass is 32.2. The molecule has 0 saturated carbocycles. The fourth-order valence-electron chi connectivity index (χ4n) is 1.71. The highest BCUT2D eigenvalue weighted by molar-refractivity contribution is 7.89. The topological polar surface area (TPSA) is 84.0 Å². The lowest BCUT2D eigenvalue weighted by atomic mass is 10.2. The highest BCUT2D eigenvalue weighted by Crippen LogP contribution is 2.18. The van der Waals surface area contributed by atoms with Crippen LogP contribution >= 0.6 is 0 Å². The van der Waals surface area contributed by atoms with Gasteiger partial charge in [-0.1, -0.05) is 0 Å². The van der Waals surface area contributed by atoms with Gasteiger partial charge < -0.3 is 5.32 Å². The van der Waals surface area contributed by atoms with E-state index < -0.39 is 10.0 Å². The average Bonchev–Trinajstić information content (AvgIpc) is 2.48. The molecule has 1 aromatic heterocycles. The molecule has 0 aliphatic heterocycles. The van der Waals surface area contributed by atoms with Crippen molar-refractivity contribution in [1.29, 1.82) is 0 Å². The van der Waals surface area contributed by atoms with Gasteiger partial charge in [0.25, 0.3) is 0 Å². The Morgan fingerprint density at radius 1 is 1.15 bits per heavy atom. The van der Waals surface area contributed by atoms with Gasteiger partial charge in [0.05, 0.1) is 22.8 Å². The molecule has 7 heteroatoms. The molecule has 0 fully saturated rings. The first-order chi connectivity index (χ1) is 9.53. The normalized spacial score (nSPS) is 12.9. The van der Waals surface area contributed by atoms with Crippen LogP contribution in [-0.2, 0) is 10.0 Å². The standard InChI is InChI=1S/C13H16N4O2S/c1-10(13-9-15-7-8-16-13)17-11-3-5-12(6-4-11)20(18,19)14-2/h3-10,14,17H,1-2H3. The Hall–Kier alpha value is -1.99. The van der Waals surface area contributed by atoms with E-state index in [0.29, 0.717) is 0 Å². The second kappa shape index (κ2) is 5.98. The zero-order valence-corrected chi connectivity index (χ0v) is 12.1. The molecule has 0 spiro atoms. The molecule has 0 bridgehead atoms. The summed E-state index contributed by atoms with van der Waals surface area (Å²) in [6.07, 6.45) is 4.95. The van der Waals surface area contributed by atoms with E-state index in [1.54, 1.807) is 42.9 Å². The SMILES string of the molecule is CNS(=O)(=O)c1ccc(NC(C)c2cnccn2)cc1. The van der Waals surface area contributed by atoms with Gasteiger partial charge in [-0.15, -0.1) is 0 Å². The molecule has 1 heterocycles. The minimum Gasteiger partial charge on any atom is -0.377 e. The quantitative estimate of drug-likeness (QED) is 0.873. The van der Waals surface area contributed by atoms with Gasteiger partial charge >= 0.3 is 0 Å². The smallest absolute Gasteiger partial charge is 0.240 e. The summed E-state index contributed by atoms with van der Waals surface area (Å²) in [4.78, 5) is 8.46. The highest BCUT2D eigenvalue weighted by Gasteiger charge is 2.11. The molecule has 0 aliphatic rings. The van der Waals surface area contributed by atoms with E-state index in [4.69, 9.17) is 0 Å². The molecule has 1 unspecified atom stereocenters. The van der Waals surface area contributed by atoms with Gasteiger partial charge in [-0.05, 0) is 38.2 Å². The predicted octanol–water partition coefficient (Wildman–Crippen LogP) is 1.56. The van der Waals surface area contributed by atoms with Crippen LogP contribution < -0.4 is 10.0 Å². The Bertz CT molecular complexity index is 657. The molecular formula is C13H16N4O2S. The molecule has 1 atom stereocenters. The summed E-state index contributed by atoms with van der Waals surface area (Å²) in [6, 6.07) is 6.53. The predicted molar refractivity (Wildman–Crippen MR) is 76.8 cm³/mol. The number of aromatic nitrogens is 2. The number of nitrogens with zero attached hydrogens (tertiary/aromatic N) is 2. The summed E-state index contributed by atoms with van der Waals surface area (Å²) in [5.41, 5.74) is 1.64. The van der Waals surface area contributed by atoms with Gasteiger partial charge in [-0.25, -0.2) is 13.1 Å². The van der Waals surface area contributed by atoms with E-state index in [-0.39, 0.29) is 10.9 Å². The third-order valence-corrected chi connectivity index (χ3v) is 4.27. The van der Waals surface area contributed by atoms with E-state index in [0.717, 1.165) is 11.4 Å². The molecule has 0 aliphatic carbocycles. The van der Waals surface area contributed by atoms with Crippen molar-refractivity contribution in [1.82, 2.24) is 14.7 Å². The number of sulfonamides is 1. The van der Waals surface area contributed by atoms with Crippen LogP contribution in [0.1, 0.15) is 18.7 Å². The van der Waals surface area contributed by atoms with Crippen LogP contribution in [0.25, 0.3) is 0 Å². The molecule has 2 N–H and O–H groups in total. The van der Waals surface area contributed by atoms with Crippen molar-refractivity contribution in [2.24, 2.45) is 0 Å². The lowest BCUT2D eigenvalue weighted by Crippen LogP contribution is -2.18. The van der Waals surface area contributed by atoms with Gasteiger partial charge in [-0.3, -0.25) is 9.97 Å². The molecule has 1 aromatic carbocycles. The third kappa shape index (κ3) is 3.31. The van der Waals surface area contributed by atoms with Gasteiger partial charge in [0, 0.05) is 18.1 Å². The zero-order chi connectivity index (χ0) is 14.6. The number of rotatable bonds is 5. The number of hydrogen-bond acceptors (Lipinski definition) is 5. The van der Waals surface area contributed by atoms with Crippen LogP contribution in [0.2, 0.25) is 0 Å². The van der Waals surface area contributed by atoms with Crippen LogP contribution in [0.4, 0.5) is 5.69 Å². The van der Waals surface area contributed by atoms with Crippen LogP contribution in [0.3, 0.4) is 0 Å². The Balaban J connectivity index is 2.12. The third-order valence-electron chi connectivity index (χ3n) is 2.84. The molecule has 6 nitrogen and oxygen atoms in total. The summed E-state index contributed by atoms with van der Waals surface area (Å²) in [6.45, 7) is 1.96. The molecule has 20 heavy (non-hydrogen) atoms. The first-order valence-corrected chi connectivity index (χ1v) is 7.57. The lowest BCUT2D eigenvalue weighted by molar-refractivity contribution is 0.588. The van der Waals surface area contributed by atoms with Crippen LogP contribution in [0, 0.1) is 0 Å². The fourth-order valence-corrected chi connectivity index (χ4v) is 2.44. The number of anilines is 1. The number of benzene rings is 1. The van der Waals surface area contributed by atoms with E-state index >= 15 is 0 Å². The summed E-state index contributed by atoms with van der Waals surface area (Å²) in [5.74, 6) is 0. The Kier molecular flexibility index (Phi) is 4.31. The summed E-state index contributed by atoms with van der Waals surface area (Å²) in [5, 5.41) is 3.24. The first-order valence-electron chi connectivity index (χ1n) is 6.09. The lowest BCUT2D eigenvalue weighted by Gasteiger charge is -2.14. The Morgan fingerprint density at radius 2 is 1.85 bits per heavy atom. The van der Waals surface area contributed by atoms with Crippen molar-refractivity contribution >= 4 is 15.7 Å². The van der Waals surface area contributed by atoms with Gasteiger partial charge in [0.15, 0.2) is 0 Å². The maximum absolute atomic E-state index is 11.6. The summed E-state index contributed by atoms with van der Waals surface area (Å²) >= 11 is 0. The number of nitrogens with one attached hydrogen (secondary N) is 2. The molecular weight excluding hydrogens is 276 g/mol. The molecule has 2 rings (SSSR count). The molecule has 0 saturated heterocycles. The second-order valence-electron chi connectivity index (χ2n) is 4.23. The van der Waals surface area contributed by atoms with Crippen LogP contribution in [0.5, 0.6) is 0 Å². The maximum atomic E-state index is 11.6. The molecule has 2 aromatic rings. The van der Waals surface area contributed by atoms with Gasteiger partial charge in [0.1, 0.15) is 0 Å². The summed E-state index contributed by atoms with van der Waals surface area (Å²) in [7, 11) is -2.01. The van der Waals surface area contributed by atoms with Crippen LogP contribution in [0.15, 0.2) is 47.8 Å². The molecule has 0 radical (unpaired) electrons. The number of hydrogen-bond donors (Lipinski definition) is 2. The van der Waals surface area contributed by atoms with E-state index in [1.807, 2.05) is 6.92 Å². The van der Waals surface area contributed by atoms with Gasteiger partial charge in [0.2, 0.25) is 10.0 Å². The fraction of sp³-hybridized carbons (Fsp3) is 0.231. The minimum absolute atomic E-state index is 0.0181. The van der Waals surface area contributed by atoms with Crippen molar-refractivity contribution in [2.75, 3.05) is 12.4 Å². The van der Waals surface area contributed by atoms with Crippen molar-refractivity contribution < 1.29 is 8.42 Å². The first kappa shape index (κ1) is 14.4. The zero-order valence-electron chi connectivity index (χ0n) is 11.2. The van der Waals surface area contributed by atoms with Crippen molar-refractivity contribution in [3.05, 3.63) is 48.5 Å². The Morgan fingerprint density at radius 3 is 2.40 bits per heavy atom. The molecule has 106 valence electrons. The Labute approximate surface area is 118 Å². The second-order valence-corrected chi connectivity index (χ2v) is 6.11. The summed E-state index contributed by atoms with van der Waals surface area (Å²) < 4.78 is 25.5. The van der Waals surface area contributed by atoms with Gasteiger partial charge in [-0.2, -0.15) is 0 Å². The minimum atomic E-state index is -3.40.